The molecular formula is C22H21N3O2. The number of methoxy groups -OCH3 is 1. The van der Waals surface area contributed by atoms with Gasteiger partial charge >= 0.3 is 0 Å². The summed E-state index contributed by atoms with van der Waals surface area (Å²) in [6, 6.07) is 18.5. The van der Waals surface area contributed by atoms with E-state index in [0.29, 0.717) is 17.8 Å². The predicted molar refractivity (Wildman–Crippen MR) is 105 cm³/mol. The highest BCUT2D eigenvalue weighted by Crippen LogP contribution is 2.24. The number of rotatable bonds is 5. The maximum atomic E-state index is 13.1. The lowest BCUT2D eigenvalue weighted by Gasteiger charge is -2.28. The van der Waals surface area contributed by atoms with E-state index in [2.05, 4.69) is 11.1 Å². The molecule has 0 saturated carbocycles. The van der Waals surface area contributed by atoms with Crippen LogP contribution in [0.5, 0.6) is 5.75 Å². The summed E-state index contributed by atoms with van der Waals surface area (Å²) in [7, 11) is 1.62. The number of hydrogen-bond acceptors (Lipinski definition) is 4. The monoisotopic (exact) mass is 359 g/mol. The van der Waals surface area contributed by atoms with Gasteiger partial charge in [-0.1, -0.05) is 18.2 Å². The largest absolute Gasteiger partial charge is 0.497 e. The van der Waals surface area contributed by atoms with Gasteiger partial charge in [0.2, 0.25) is 0 Å². The fourth-order valence-electron chi connectivity index (χ4n) is 3.11. The Morgan fingerprint density at radius 2 is 1.93 bits per heavy atom. The first-order valence-electron chi connectivity index (χ1n) is 8.83. The normalized spacial score (nSPS) is 11.6. The van der Waals surface area contributed by atoms with Crippen LogP contribution in [0, 0.1) is 11.3 Å². The van der Waals surface area contributed by atoms with Crippen molar-refractivity contribution >= 4 is 16.8 Å². The number of ether oxygens (including phenoxy) is 1. The van der Waals surface area contributed by atoms with Crippen molar-refractivity contribution in [2.24, 2.45) is 0 Å². The second-order valence-corrected chi connectivity index (χ2v) is 6.26. The fourth-order valence-corrected chi connectivity index (χ4v) is 3.11. The second-order valence-electron chi connectivity index (χ2n) is 6.26. The van der Waals surface area contributed by atoms with Crippen molar-refractivity contribution in [2.75, 3.05) is 13.7 Å². The maximum absolute atomic E-state index is 13.1. The molecule has 5 heteroatoms. The molecule has 0 aliphatic heterocycles. The van der Waals surface area contributed by atoms with E-state index < -0.39 is 0 Å². The van der Waals surface area contributed by atoms with Gasteiger partial charge < -0.3 is 9.64 Å². The summed E-state index contributed by atoms with van der Waals surface area (Å²) in [4.78, 5) is 19.4. The first-order chi connectivity index (χ1) is 13.1. The summed E-state index contributed by atoms with van der Waals surface area (Å²) in [6.45, 7) is 4.49. The Morgan fingerprint density at radius 1 is 1.19 bits per heavy atom. The summed E-state index contributed by atoms with van der Waals surface area (Å²) >= 11 is 0. The van der Waals surface area contributed by atoms with E-state index in [-0.39, 0.29) is 11.9 Å². The molecule has 27 heavy (non-hydrogen) atoms. The number of pyridine rings is 1. The van der Waals surface area contributed by atoms with Gasteiger partial charge in [-0.25, -0.2) is 4.98 Å². The van der Waals surface area contributed by atoms with Crippen LogP contribution in [0.15, 0.2) is 54.6 Å². The van der Waals surface area contributed by atoms with Gasteiger partial charge in [-0.15, -0.1) is 0 Å². The van der Waals surface area contributed by atoms with Crippen LogP contribution in [-0.2, 0) is 0 Å². The van der Waals surface area contributed by atoms with E-state index in [4.69, 9.17) is 10.00 Å². The Hall–Kier alpha value is -3.39. The third kappa shape index (κ3) is 3.75. The third-order valence-electron chi connectivity index (χ3n) is 4.71. The smallest absolute Gasteiger partial charge is 0.272 e. The molecule has 0 saturated heterocycles. The molecule has 136 valence electrons. The minimum Gasteiger partial charge on any atom is -0.497 e. The number of benzene rings is 2. The SMILES string of the molecule is CCN(C(=O)c1ccc2cc(OC)ccc2n1)C(C)c1ccc(C#N)cc1. The third-order valence-corrected chi connectivity index (χ3v) is 4.71. The molecule has 1 unspecified atom stereocenters. The highest BCUT2D eigenvalue weighted by Gasteiger charge is 2.22. The summed E-state index contributed by atoms with van der Waals surface area (Å²) in [5, 5.41) is 9.87. The maximum Gasteiger partial charge on any atom is 0.272 e. The standard InChI is InChI=1S/C22H21N3O2/c1-4-25(15(2)17-7-5-16(14-23)6-8-17)22(26)21-11-9-18-13-19(27-3)10-12-20(18)24-21/h5-13,15H,4H2,1-3H3. The van der Waals surface area contributed by atoms with Crippen LogP contribution in [-0.4, -0.2) is 29.4 Å². The molecule has 1 atom stereocenters. The zero-order valence-electron chi connectivity index (χ0n) is 15.6. The van der Waals surface area contributed by atoms with Crippen molar-refractivity contribution in [1.82, 2.24) is 9.88 Å². The molecule has 3 aromatic rings. The van der Waals surface area contributed by atoms with Crippen LogP contribution in [0.25, 0.3) is 10.9 Å². The highest BCUT2D eigenvalue weighted by molar-refractivity contribution is 5.95. The molecule has 0 aliphatic carbocycles. The van der Waals surface area contributed by atoms with Gasteiger partial charge in [-0.2, -0.15) is 5.26 Å². The Balaban J connectivity index is 1.89. The average molecular weight is 359 g/mol. The van der Waals surface area contributed by atoms with Crippen LogP contribution in [0.4, 0.5) is 0 Å². The van der Waals surface area contributed by atoms with Gasteiger partial charge in [-0.3, -0.25) is 4.79 Å². The minimum absolute atomic E-state index is 0.118. The summed E-state index contributed by atoms with van der Waals surface area (Å²) in [5.74, 6) is 0.639. The predicted octanol–water partition coefficient (Wildman–Crippen LogP) is 4.34. The quantitative estimate of drug-likeness (QED) is 0.680. The van der Waals surface area contributed by atoms with E-state index in [9.17, 15) is 4.79 Å². The lowest BCUT2D eigenvalue weighted by molar-refractivity contribution is 0.0696. The van der Waals surface area contributed by atoms with E-state index in [1.165, 1.54) is 0 Å². The molecule has 1 aromatic heterocycles. The summed E-state index contributed by atoms with van der Waals surface area (Å²) < 4.78 is 5.23. The van der Waals surface area contributed by atoms with E-state index in [1.807, 2.05) is 50.2 Å². The van der Waals surface area contributed by atoms with Crippen LogP contribution in [0.1, 0.15) is 41.5 Å². The van der Waals surface area contributed by atoms with Gasteiger partial charge in [-0.05, 0) is 55.8 Å². The molecule has 0 bridgehead atoms. The van der Waals surface area contributed by atoms with Crippen molar-refractivity contribution in [3.05, 3.63) is 71.4 Å². The van der Waals surface area contributed by atoms with E-state index in [0.717, 1.165) is 22.2 Å². The number of nitrogens with zero attached hydrogens (tertiary/aromatic N) is 3. The number of carbonyl (C=O) groups is 1. The summed E-state index contributed by atoms with van der Waals surface area (Å²) in [6.07, 6.45) is 0. The first kappa shape index (κ1) is 18.4. The van der Waals surface area contributed by atoms with Crippen LogP contribution in [0.3, 0.4) is 0 Å². The molecule has 3 rings (SSSR count). The Bertz CT molecular complexity index is 1010. The van der Waals surface area contributed by atoms with E-state index in [1.54, 1.807) is 30.2 Å². The van der Waals surface area contributed by atoms with Gasteiger partial charge in [0.05, 0.1) is 30.3 Å². The van der Waals surface area contributed by atoms with Crippen molar-refractivity contribution in [2.45, 2.75) is 19.9 Å². The molecule has 1 heterocycles. The first-order valence-corrected chi connectivity index (χ1v) is 8.83. The summed E-state index contributed by atoms with van der Waals surface area (Å²) in [5.41, 5.74) is 2.75. The van der Waals surface area contributed by atoms with Crippen molar-refractivity contribution in [3.63, 3.8) is 0 Å². The van der Waals surface area contributed by atoms with Crippen LogP contribution < -0.4 is 4.74 Å². The molecule has 0 aliphatic rings. The minimum atomic E-state index is -0.122. The van der Waals surface area contributed by atoms with Crippen molar-refractivity contribution < 1.29 is 9.53 Å². The van der Waals surface area contributed by atoms with Gasteiger partial charge in [0.1, 0.15) is 11.4 Å². The Labute approximate surface area is 158 Å². The number of aromatic nitrogens is 1. The lowest BCUT2D eigenvalue weighted by atomic mass is 10.0. The molecule has 5 nitrogen and oxygen atoms in total. The van der Waals surface area contributed by atoms with Crippen molar-refractivity contribution in [3.8, 4) is 11.8 Å². The second kappa shape index (κ2) is 7.88. The molecule has 2 aromatic carbocycles. The van der Waals surface area contributed by atoms with Crippen LogP contribution in [0.2, 0.25) is 0 Å². The number of nitriles is 1. The molecule has 1 amide bonds. The molecular weight excluding hydrogens is 338 g/mol. The topological polar surface area (TPSA) is 66.2 Å². The molecule has 0 radical (unpaired) electrons. The zero-order valence-corrected chi connectivity index (χ0v) is 15.6. The van der Waals surface area contributed by atoms with E-state index >= 15 is 0 Å². The Morgan fingerprint density at radius 3 is 2.56 bits per heavy atom. The number of hydrogen-bond donors (Lipinski definition) is 0. The molecule has 0 fully saturated rings. The van der Waals surface area contributed by atoms with Crippen molar-refractivity contribution in [1.29, 1.82) is 5.26 Å². The molecule has 0 N–H and O–H groups in total. The van der Waals surface area contributed by atoms with Gasteiger partial charge in [0.25, 0.3) is 5.91 Å². The zero-order chi connectivity index (χ0) is 19.4. The number of carbonyl (C=O) groups excluding carboxylic acids is 1. The van der Waals surface area contributed by atoms with Gasteiger partial charge in [0, 0.05) is 11.9 Å². The fraction of sp³-hybridized carbons (Fsp3) is 0.227. The lowest BCUT2D eigenvalue weighted by Crippen LogP contribution is -2.34. The Kier molecular flexibility index (Phi) is 5.37. The highest BCUT2D eigenvalue weighted by atomic mass is 16.5. The number of fused-ring (bicyclic) bond motifs is 1. The van der Waals surface area contributed by atoms with Crippen LogP contribution >= 0.6 is 0 Å². The van der Waals surface area contributed by atoms with Gasteiger partial charge in [0.15, 0.2) is 0 Å². The molecule has 0 spiro atoms. The number of amides is 1. The average Bonchev–Trinajstić information content (AvgIpc) is 2.73.